The molecule has 0 spiro atoms. The fourth-order valence-electron chi connectivity index (χ4n) is 4.03. The van der Waals surface area contributed by atoms with Crippen molar-refractivity contribution in [1.82, 2.24) is 0 Å². The Morgan fingerprint density at radius 2 is 1.79 bits per heavy atom. The van der Waals surface area contributed by atoms with Gasteiger partial charge >= 0.3 is 11.9 Å². The summed E-state index contributed by atoms with van der Waals surface area (Å²) in [6.45, 7) is 9.41. The van der Waals surface area contributed by atoms with Gasteiger partial charge in [0.1, 0.15) is 36.6 Å². The summed E-state index contributed by atoms with van der Waals surface area (Å²) < 4.78 is 28.5. The lowest BCUT2D eigenvalue weighted by Crippen LogP contribution is -2.63. The van der Waals surface area contributed by atoms with Crippen molar-refractivity contribution >= 4 is 11.9 Å². The molecule has 13 nitrogen and oxygen atoms in total. The smallest absolute Gasteiger partial charge is 0.330 e. The molecule has 13 heteroatoms. The molecule has 224 valence electrons. The van der Waals surface area contributed by atoms with Gasteiger partial charge in [0.05, 0.1) is 24.7 Å². The van der Waals surface area contributed by atoms with Gasteiger partial charge in [0, 0.05) is 5.57 Å². The van der Waals surface area contributed by atoms with Crippen molar-refractivity contribution in [2.24, 2.45) is 5.92 Å². The van der Waals surface area contributed by atoms with Crippen LogP contribution in [0, 0.1) is 5.92 Å². The predicted molar refractivity (Wildman–Crippen MR) is 134 cm³/mol. The third-order valence-electron chi connectivity index (χ3n) is 7.07. The molecule has 2 heterocycles. The molecule has 6 N–H and O–H groups in total. The number of hydrogen-bond donors (Lipinski definition) is 6. The Morgan fingerprint density at radius 3 is 2.36 bits per heavy atom. The van der Waals surface area contributed by atoms with Crippen LogP contribution in [0.3, 0.4) is 0 Å². The van der Waals surface area contributed by atoms with E-state index in [4.69, 9.17) is 28.8 Å². The van der Waals surface area contributed by atoms with E-state index >= 15 is 0 Å². The molecule has 0 saturated carbocycles. The van der Waals surface area contributed by atoms with Gasteiger partial charge in [0.2, 0.25) is 0 Å². The number of ether oxygens (including phenoxy) is 5. The van der Waals surface area contributed by atoms with E-state index in [1.165, 1.54) is 19.1 Å². The van der Waals surface area contributed by atoms with Crippen LogP contribution in [0.25, 0.3) is 0 Å². The van der Waals surface area contributed by atoms with Crippen molar-refractivity contribution in [3.63, 3.8) is 0 Å². The van der Waals surface area contributed by atoms with E-state index in [9.17, 15) is 35.1 Å². The van der Waals surface area contributed by atoms with E-state index in [1.807, 2.05) is 0 Å². The lowest BCUT2D eigenvalue weighted by Gasteiger charge is -2.45. The second-order valence-electron chi connectivity index (χ2n) is 10.1. The highest BCUT2D eigenvalue weighted by Gasteiger charge is 2.50. The van der Waals surface area contributed by atoms with Crippen LogP contribution in [0.15, 0.2) is 24.3 Å². The molecule has 0 aliphatic carbocycles. The second kappa shape index (κ2) is 14.6. The van der Waals surface area contributed by atoms with Crippen molar-refractivity contribution in [3.05, 3.63) is 24.3 Å². The summed E-state index contributed by atoms with van der Waals surface area (Å²) in [5, 5.41) is 60.4. The van der Waals surface area contributed by atoms with Gasteiger partial charge in [-0.1, -0.05) is 26.0 Å². The summed E-state index contributed by atoms with van der Waals surface area (Å²) >= 11 is 0. The van der Waals surface area contributed by atoms with Crippen LogP contribution in [0.2, 0.25) is 0 Å². The van der Waals surface area contributed by atoms with Crippen molar-refractivity contribution in [2.45, 2.75) is 108 Å². The van der Waals surface area contributed by atoms with Gasteiger partial charge in [-0.3, -0.25) is 4.79 Å². The lowest BCUT2D eigenvalue weighted by atomic mass is 9.97. The summed E-state index contributed by atoms with van der Waals surface area (Å²) in [5.74, 6) is -2.08. The Bertz CT molecular complexity index is 861. The van der Waals surface area contributed by atoms with Gasteiger partial charge in [-0.15, -0.1) is 6.58 Å². The average molecular weight is 563 g/mol. The molecule has 39 heavy (non-hydrogen) atoms. The minimum Gasteiger partial charge on any atom is -0.478 e. The van der Waals surface area contributed by atoms with Crippen LogP contribution >= 0.6 is 0 Å². The van der Waals surface area contributed by atoms with Crippen LogP contribution in [0.1, 0.15) is 47.0 Å². The van der Waals surface area contributed by atoms with E-state index in [1.54, 1.807) is 20.8 Å². The topological polar surface area (TPSA) is 202 Å². The third-order valence-corrected chi connectivity index (χ3v) is 7.07. The minimum atomic E-state index is -1.76. The molecule has 2 fully saturated rings. The number of aliphatic carboxylic acids is 1. The lowest BCUT2D eigenvalue weighted by molar-refractivity contribution is -0.354. The second-order valence-corrected chi connectivity index (χ2v) is 10.1. The third kappa shape index (κ3) is 8.52. The predicted octanol–water partition coefficient (Wildman–Crippen LogP) is -0.381. The molecule has 2 rings (SSSR count). The summed E-state index contributed by atoms with van der Waals surface area (Å²) in [7, 11) is 0. The summed E-state index contributed by atoms with van der Waals surface area (Å²) in [4.78, 5) is 23.6. The number of carbonyl (C=O) groups excluding carboxylic acids is 1. The maximum atomic E-state index is 12.5. The maximum Gasteiger partial charge on any atom is 0.330 e. The summed E-state index contributed by atoms with van der Waals surface area (Å²) in [6, 6.07) is 0. The number of rotatable bonds is 13. The molecule has 0 aromatic carbocycles. The molecule has 0 aromatic rings. The molecule has 2 unspecified atom stereocenters. The monoisotopic (exact) mass is 562 g/mol. The molecule has 0 aromatic heterocycles. The number of allylic oxidation sites excluding steroid dienone is 1. The van der Waals surface area contributed by atoms with E-state index < -0.39 is 85.4 Å². The highest BCUT2D eigenvalue weighted by atomic mass is 16.7. The van der Waals surface area contributed by atoms with E-state index in [2.05, 4.69) is 6.58 Å². The Balaban J connectivity index is 2.25. The van der Waals surface area contributed by atoms with Gasteiger partial charge in [0.15, 0.2) is 18.7 Å². The van der Waals surface area contributed by atoms with E-state index in [0.717, 1.165) is 0 Å². The van der Waals surface area contributed by atoms with Gasteiger partial charge < -0.3 is 54.3 Å². The zero-order valence-corrected chi connectivity index (χ0v) is 22.7. The first-order chi connectivity index (χ1) is 18.3. The Labute approximate surface area is 227 Å². The standard InChI is InChI=1S/C26H42O13/c1-6-13(3)23(34)36-16-12-35-24(39-26(5,7-2)10-8-9-14(4)22(32)33)20(31)21(16)38-25-19(30)18(29)17(28)15(11-27)37-25/h7,9,13,15-21,24-25,27-31H,2,6,8,10-12H2,1,3-5H3,(H,32,33)/b14-9+/t13?,15-,16-,17-,18+,19-,20+,21-,24-,25+,26?/m1/s1. The minimum absolute atomic E-state index is 0.161. The first kappa shape index (κ1) is 33.3. The molecule has 2 aliphatic heterocycles. The summed E-state index contributed by atoms with van der Waals surface area (Å²) in [6.07, 6.45) is -9.32. The van der Waals surface area contributed by atoms with Crippen molar-refractivity contribution in [2.75, 3.05) is 13.2 Å². The zero-order valence-electron chi connectivity index (χ0n) is 22.7. The normalized spacial score (nSPS) is 36.0. The highest BCUT2D eigenvalue weighted by molar-refractivity contribution is 5.85. The van der Waals surface area contributed by atoms with Crippen LogP contribution in [0.5, 0.6) is 0 Å². The van der Waals surface area contributed by atoms with Gasteiger partial charge in [0.25, 0.3) is 0 Å². The largest absolute Gasteiger partial charge is 0.478 e. The summed E-state index contributed by atoms with van der Waals surface area (Å²) in [5.41, 5.74) is -0.913. The Kier molecular flexibility index (Phi) is 12.5. The van der Waals surface area contributed by atoms with Crippen molar-refractivity contribution in [1.29, 1.82) is 0 Å². The average Bonchev–Trinajstić information content (AvgIpc) is 2.91. The van der Waals surface area contributed by atoms with Crippen LogP contribution in [-0.2, 0) is 33.3 Å². The number of aliphatic hydroxyl groups is 5. The maximum absolute atomic E-state index is 12.5. The number of carboxylic acids is 1. The molecule has 11 atom stereocenters. The van der Waals surface area contributed by atoms with Crippen molar-refractivity contribution in [3.8, 4) is 0 Å². The van der Waals surface area contributed by atoms with Gasteiger partial charge in [-0.05, 0) is 33.1 Å². The Morgan fingerprint density at radius 1 is 1.13 bits per heavy atom. The number of aliphatic hydroxyl groups excluding tert-OH is 5. The molecule has 0 amide bonds. The van der Waals surface area contributed by atoms with Crippen LogP contribution < -0.4 is 0 Å². The number of carbonyl (C=O) groups is 2. The van der Waals surface area contributed by atoms with E-state index in [0.29, 0.717) is 19.3 Å². The van der Waals surface area contributed by atoms with Crippen LogP contribution in [-0.4, -0.2) is 117 Å². The fraction of sp³-hybridized carbons (Fsp3) is 0.769. The zero-order chi connectivity index (χ0) is 29.5. The first-order valence-corrected chi connectivity index (χ1v) is 13.0. The van der Waals surface area contributed by atoms with Gasteiger partial charge in [-0.25, -0.2) is 4.79 Å². The quantitative estimate of drug-likeness (QED) is 0.0964. The number of carboxylic acid groups (broad SMARTS) is 1. The van der Waals surface area contributed by atoms with Crippen LogP contribution in [0.4, 0.5) is 0 Å². The highest BCUT2D eigenvalue weighted by Crippen LogP contribution is 2.32. The van der Waals surface area contributed by atoms with Crippen molar-refractivity contribution < 1.29 is 63.9 Å². The molecular weight excluding hydrogens is 520 g/mol. The number of esters is 1. The number of hydrogen-bond acceptors (Lipinski definition) is 12. The SMILES string of the molecule is C=CC(C)(CC/C=C(\C)C(=O)O)O[C@H]1OC[C@@H](OC(=O)C(C)CC)[C@@H](O[C@@H]2O[C@H](CO)[C@@H](O)[C@H](O)[C@H]2O)[C@@H]1O. The molecular formula is C26H42O13. The van der Waals surface area contributed by atoms with E-state index in [-0.39, 0.29) is 12.2 Å². The fourth-order valence-corrected chi connectivity index (χ4v) is 4.03. The Hall–Kier alpha value is -1.94. The molecule has 0 bridgehead atoms. The van der Waals surface area contributed by atoms with Gasteiger partial charge in [-0.2, -0.15) is 0 Å². The molecule has 0 radical (unpaired) electrons. The first-order valence-electron chi connectivity index (χ1n) is 13.0. The molecule has 2 saturated heterocycles. The molecule has 2 aliphatic rings.